The molecule has 1 aromatic rings. The second-order valence-electron chi connectivity index (χ2n) is 7.78. The van der Waals surface area contributed by atoms with Gasteiger partial charge in [0.25, 0.3) is 0 Å². The van der Waals surface area contributed by atoms with Crippen molar-refractivity contribution in [2.45, 2.75) is 58.4 Å². The van der Waals surface area contributed by atoms with Gasteiger partial charge < -0.3 is 15.1 Å². The van der Waals surface area contributed by atoms with E-state index < -0.39 is 0 Å². The van der Waals surface area contributed by atoms with Gasteiger partial charge in [-0.1, -0.05) is 26.7 Å². The summed E-state index contributed by atoms with van der Waals surface area (Å²) in [4.78, 5) is 14.3. The van der Waals surface area contributed by atoms with Crippen LogP contribution in [0, 0.1) is 5.92 Å². The van der Waals surface area contributed by atoms with Crippen LogP contribution in [0.25, 0.3) is 0 Å². The van der Waals surface area contributed by atoms with Crippen molar-refractivity contribution >= 4 is 11.8 Å². The van der Waals surface area contributed by atoms with Crippen LogP contribution in [0.1, 0.15) is 52.4 Å². The summed E-state index contributed by atoms with van der Waals surface area (Å²) in [5.74, 6) is 2.61. The number of hydrogen-bond acceptors (Lipinski definition) is 5. The Morgan fingerprint density at radius 3 is 2.67 bits per heavy atom. The highest BCUT2D eigenvalue weighted by Gasteiger charge is 2.21. The van der Waals surface area contributed by atoms with Gasteiger partial charge in [0.1, 0.15) is 5.82 Å². The van der Waals surface area contributed by atoms with Crippen molar-refractivity contribution in [1.29, 1.82) is 0 Å². The highest BCUT2D eigenvalue weighted by Crippen LogP contribution is 2.20. The van der Waals surface area contributed by atoms with E-state index in [-0.39, 0.29) is 0 Å². The molecule has 0 unspecified atom stereocenters. The van der Waals surface area contributed by atoms with Crippen molar-refractivity contribution < 1.29 is 0 Å². The predicted molar refractivity (Wildman–Crippen MR) is 101 cm³/mol. The number of hydrogen-bond donors (Lipinski definition) is 1. The van der Waals surface area contributed by atoms with Crippen molar-refractivity contribution in [1.82, 2.24) is 14.9 Å². The van der Waals surface area contributed by atoms with E-state index >= 15 is 0 Å². The summed E-state index contributed by atoms with van der Waals surface area (Å²) < 4.78 is 0. The molecule has 0 aromatic carbocycles. The van der Waals surface area contributed by atoms with Crippen LogP contribution in [0.3, 0.4) is 0 Å². The molecule has 5 heteroatoms. The number of likely N-dealkylation sites (tertiary alicyclic amines) is 1. The molecule has 2 fully saturated rings. The van der Waals surface area contributed by atoms with Crippen LogP contribution in [0.15, 0.2) is 12.3 Å². The van der Waals surface area contributed by atoms with Gasteiger partial charge in [-0.3, -0.25) is 0 Å². The zero-order valence-corrected chi connectivity index (χ0v) is 15.4. The maximum Gasteiger partial charge on any atom is 0.224 e. The SMILES string of the molecule is CC(C)CN1CCC[C@@H](Nc2nccc(N3CCCCCC3)n2)C1. The lowest BCUT2D eigenvalue weighted by Crippen LogP contribution is -2.43. The number of anilines is 2. The third kappa shape index (κ3) is 5.07. The fraction of sp³-hybridized carbons (Fsp3) is 0.789. The first-order valence-corrected chi connectivity index (χ1v) is 9.77. The standard InChI is InChI=1S/C19H33N5/c1-16(2)14-23-11-7-8-17(15-23)21-19-20-10-9-18(22-19)24-12-5-3-4-6-13-24/h9-10,16-17H,3-8,11-15H2,1-2H3,(H,20,21,22)/t17-/m1/s1. The van der Waals surface area contributed by atoms with E-state index in [9.17, 15) is 0 Å². The molecule has 0 aliphatic carbocycles. The van der Waals surface area contributed by atoms with Gasteiger partial charge in [0.15, 0.2) is 0 Å². The zero-order valence-electron chi connectivity index (χ0n) is 15.4. The Bertz CT molecular complexity index is 496. The molecule has 2 aliphatic rings. The molecule has 3 heterocycles. The Balaban J connectivity index is 1.59. The highest BCUT2D eigenvalue weighted by molar-refractivity contribution is 5.43. The lowest BCUT2D eigenvalue weighted by atomic mass is 10.0. The number of rotatable bonds is 5. The molecule has 24 heavy (non-hydrogen) atoms. The Hall–Kier alpha value is -1.36. The van der Waals surface area contributed by atoms with E-state index in [1.807, 2.05) is 6.20 Å². The van der Waals surface area contributed by atoms with Gasteiger partial charge in [-0.2, -0.15) is 4.98 Å². The molecule has 1 N–H and O–H groups in total. The van der Waals surface area contributed by atoms with Crippen LogP contribution >= 0.6 is 0 Å². The van der Waals surface area contributed by atoms with Gasteiger partial charge in [0.05, 0.1) is 0 Å². The van der Waals surface area contributed by atoms with E-state index in [2.05, 4.69) is 40.0 Å². The van der Waals surface area contributed by atoms with Crippen LogP contribution in [-0.2, 0) is 0 Å². The van der Waals surface area contributed by atoms with E-state index in [1.54, 1.807) is 0 Å². The minimum Gasteiger partial charge on any atom is -0.356 e. The monoisotopic (exact) mass is 331 g/mol. The highest BCUT2D eigenvalue weighted by atomic mass is 15.2. The van der Waals surface area contributed by atoms with Crippen molar-refractivity contribution in [3.8, 4) is 0 Å². The Morgan fingerprint density at radius 2 is 1.92 bits per heavy atom. The van der Waals surface area contributed by atoms with Crippen LogP contribution in [-0.4, -0.2) is 53.6 Å². The first-order chi connectivity index (χ1) is 11.7. The summed E-state index contributed by atoms with van der Waals surface area (Å²) in [5, 5.41) is 3.59. The largest absolute Gasteiger partial charge is 0.356 e. The van der Waals surface area contributed by atoms with Gasteiger partial charge in [0, 0.05) is 38.4 Å². The molecule has 3 rings (SSSR count). The van der Waals surface area contributed by atoms with Crippen LogP contribution in [0.5, 0.6) is 0 Å². The first kappa shape index (κ1) is 17.5. The van der Waals surface area contributed by atoms with Crippen LogP contribution in [0.4, 0.5) is 11.8 Å². The third-order valence-electron chi connectivity index (χ3n) is 5.03. The molecule has 5 nitrogen and oxygen atoms in total. The average molecular weight is 332 g/mol. The molecule has 0 amide bonds. The molecule has 2 saturated heterocycles. The first-order valence-electron chi connectivity index (χ1n) is 9.77. The van der Waals surface area contributed by atoms with E-state index in [4.69, 9.17) is 4.98 Å². The topological polar surface area (TPSA) is 44.3 Å². The molecule has 0 spiro atoms. The van der Waals surface area contributed by atoms with E-state index in [1.165, 1.54) is 51.6 Å². The normalized spacial score (nSPS) is 23.3. The molecular formula is C19H33N5. The Labute approximate surface area is 146 Å². The minimum absolute atomic E-state index is 0.469. The number of nitrogens with one attached hydrogen (secondary N) is 1. The number of piperidine rings is 1. The second kappa shape index (κ2) is 8.65. The summed E-state index contributed by atoms with van der Waals surface area (Å²) in [6, 6.07) is 2.53. The molecule has 0 radical (unpaired) electrons. The molecule has 0 bridgehead atoms. The van der Waals surface area contributed by atoms with E-state index in [0.717, 1.165) is 37.3 Å². The lowest BCUT2D eigenvalue weighted by Gasteiger charge is -2.34. The van der Waals surface area contributed by atoms with Crippen LogP contribution < -0.4 is 10.2 Å². The molecule has 134 valence electrons. The molecule has 0 saturated carbocycles. The van der Waals surface area contributed by atoms with Crippen molar-refractivity contribution in [3.63, 3.8) is 0 Å². The fourth-order valence-corrected chi connectivity index (χ4v) is 3.93. The minimum atomic E-state index is 0.469. The summed E-state index contributed by atoms with van der Waals surface area (Å²) in [6.45, 7) is 10.4. The third-order valence-corrected chi connectivity index (χ3v) is 5.03. The zero-order chi connectivity index (χ0) is 16.8. The fourth-order valence-electron chi connectivity index (χ4n) is 3.93. The van der Waals surface area contributed by atoms with Gasteiger partial charge in [-0.25, -0.2) is 4.98 Å². The Morgan fingerprint density at radius 1 is 1.12 bits per heavy atom. The molecule has 2 aliphatic heterocycles. The number of aromatic nitrogens is 2. The van der Waals surface area contributed by atoms with Crippen molar-refractivity contribution in [3.05, 3.63) is 12.3 Å². The average Bonchev–Trinajstić information content (AvgIpc) is 2.84. The lowest BCUT2D eigenvalue weighted by molar-refractivity contribution is 0.195. The van der Waals surface area contributed by atoms with Gasteiger partial charge in [-0.15, -0.1) is 0 Å². The van der Waals surface area contributed by atoms with Gasteiger partial charge >= 0.3 is 0 Å². The summed E-state index contributed by atoms with van der Waals surface area (Å²) in [5.41, 5.74) is 0. The Kier molecular flexibility index (Phi) is 6.30. The van der Waals surface area contributed by atoms with E-state index in [0.29, 0.717) is 6.04 Å². The summed E-state index contributed by atoms with van der Waals surface area (Å²) in [7, 11) is 0. The second-order valence-corrected chi connectivity index (χ2v) is 7.78. The van der Waals surface area contributed by atoms with Crippen molar-refractivity contribution in [2.75, 3.05) is 42.9 Å². The quantitative estimate of drug-likeness (QED) is 0.896. The number of nitrogens with zero attached hydrogens (tertiary/aromatic N) is 4. The molecular weight excluding hydrogens is 298 g/mol. The smallest absolute Gasteiger partial charge is 0.224 e. The summed E-state index contributed by atoms with van der Waals surface area (Å²) in [6.07, 6.45) is 9.63. The maximum atomic E-state index is 4.80. The summed E-state index contributed by atoms with van der Waals surface area (Å²) >= 11 is 0. The molecule has 1 aromatic heterocycles. The molecule has 1 atom stereocenters. The van der Waals surface area contributed by atoms with Gasteiger partial charge in [0.2, 0.25) is 5.95 Å². The van der Waals surface area contributed by atoms with Gasteiger partial charge in [-0.05, 0) is 44.2 Å². The van der Waals surface area contributed by atoms with Crippen LogP contribution in [0.2, 0.25) is 0 Å². The van der Waals surface area contributed by atoms with Crippen molar-refractivity contribution in [2.24, 2.45) is 5.92 Å². The maximum absolute atomic E-state index is 4.80. The predicted octanol–water partition coefficient (Wildman–Crippen LogP) is 3.39.